The van der Waals surface area contributed by atoms with Crippen LogP contribution in [0.5, 0.6) is 5.75 Å². The molecule has 0 amide bonds. The molecule has 0 aliphatic carbocycles. The fourth-order valence-corrected chi connectivity index (χ4v) is 1.48. The second-order valence-corrected chi connectivity index (χ2v) is 3.86. The van der Waals surface area contributed by atoms with Crippen molar-refractivity contribution < 1.29 is 13.5 Å². The lowest BCUT2D eigenvalue weighted by Crippen LogP contribution is -2.11. The van der Waals surface area contributed by atoms with E-state index in [2.05, 4.69) is 4.98 Å². The SMILES string of the molecule is N=C(N)c1ccc(OCc2cncc(F)c2)c(F)c1. The van der Waals surface area contributed by atoms with E-state index in [1.165, 1.54) is 24.4 Å². The number of aromatic nitrogens is 1. The number of hydrogen-bond donors (Lipinski definition) is 2. The molecule has 3 N–H and O–H groups in total. The summed E-state index contributed by atoms with van der Waals surface area (Å²) in [6.45, 7) is 0.00109. The lowest BCUT2D eigenvalue weighted by atomic mass is 10.2. The van der Waals surface area contributed by atoms with Crippen LogP contribution in [0.4, 0.5) is 8.78 Å². The first-order valence-electron chi connectivity index (χ1n) is 5.42. The summed E-state index contributed by atoms with van der Waals surface area (Å²) in [4.78, 5) is 3.66. The Balaban J connectivity index is 2.10. The molecule has 0 radical (unpaired) electrons. The minimum atomic E-state index is -0.628. The Hall–Kier alpha value is -2.50. The predicted octanol–water partition coefficient (Wildman–Crippen LogP) is 2.22. The summed E-state index contributed by atoms with van der Waals surface area (Å²) >= 11 is 0. The van der Waals surface area contributed by atoms with Gasteiger partial charge in [-0.3, -0.25) is 10.4 Å². The van der Waals surface area contributed by atoms with Gasteiger partial charge < -0.3 is 10.5 Å². The summed E-state index contributed by atoms with van der Waals surface area (Å²) in [7, 11) is 0. The highest BCUT2D eigenvalue weighted by atomic mass is 19.1. The molecule has 1 aromatic heterocycles. The zero-order chi connectivity index (χ0) is 13.8. The first-order valence-corrected chi connectivity index (χ1v) is 5.42. The van der Waals surface area contributed by atoms with Gasteiger partial charge in [0.25, 0.3) is 0 Å². The first kappa shape index (κ1) is 12.9. The molecule has 1 heterocycles. The third kappa shape index (κ3) is 3.25. The summed E-state index contributed by atoms with van der Waals surface area (Å²) in [5.74, 6) is -1.32. The normalized spacial score (nSPS) is 10.2. The van der Waals surface area contributed by atoms with E-state index in [0.717, 1.165) is 12.3 Å². The molecule has 0 saturated carbocycles. The Morgan fingerprint density at radius 2 is 2.05 bits per heavy atom. The number of ether oxygens (including phenoxy) is 1. The van der Waals surface area contributed by atoms with Gasteiger partial charge in [-0.1, -0.05) is 0 Å². The van der Waals surface area contributed by atoms with Crippen molar-refractivity contribution in [2.24, 2.45) is 5.73 Å². The number of halogens is 2. The average Bonchev–Trinajstić information content (AvgIpc) is 2.37. The fourth-order valence-electron chi connectivity index (χ4n) is 1.48. The van der Waals surface area contributed by atoms with E-state index in [9.17, 15) is 8.78 Å². The summed E-state index contributed by atoms with van der Waals surface area (Å²) in [6, 6.07) is 5.22. The quantitative estimate of drug-likeness (QED) is 0.656. The second-order valence-electron chi connectivity index (χ2n) is 3.86. The molecule has 0 saturated heterocycles. The number of nitrogens with one attached hydrogen (secondary N) is 1. The highest BCUT2D eigenvalue weighted by Gasteiger charge is 2.07. The van der Waals surface area contributed by atoms with Crippen LogP contribution < -0.4 is 10.5 Å². The van der Waals surface area contributed by atoms with Gasteiger partial charge in [-0.25, -0.2) is 8.78 Å². The van der Waals surface area contributed by atoms with E-state index >= 15 is 0 Å². The van der Waals surface area contributed by atoms with Crippen molar-refractivity contribution in [1.29, 1.82) is 5.41 Å². The highest BCUT2D eigenvalue weighted by molar-refractivity contribution is 5.95. The van der Waals surface area contributed by atoms with Crippen LogP contribution in [0.15, 0.2) is 36.7 Å². The molecule has 0 aliphatic rings. The Labute approximate surface area is 108 Å². The van der Waals surface area contributed by atoms with E-state index in [1.54, 1.807) is 0 Å². The van der Waals surface area contributed by atoms with Gasteiger partial charge in [0, 0.05) is 17.3 Å². The number of rotatable bonds is 4. The summed E-state index contributed by atoms with van der Waals surface area (Å²) in [6.07, 6.45) is 2.51. The number of nitrogens with two attached hydrogens (primary N) is 1. The lowest BCUT2D eigenvalue weighted by Gasteiger charge is -2.08. The maximum absolute atomic E-state index is 13.6. The van der Waals surface area contributed by atoms with E-state index in [1.807, 2.05) is 0 Å². The molecule has 2 rings (SSSR count). The monoisotopic (exact) mass is 263 g/mol. The fraction of sp³-hybridized carbons (Fsp3) is 0.0769. The van der Waals surface area contributed by atoms with Crippen LogP contribution in [0.2, 0.25) is 0 Å². The Kier molecular flexibility index (Phi) is 3.70. The highest BCUT2D eigenvalue weighted by Crippen LogP contribution is 2.19. The molecule has 2 aromatic rings. The minimum absolute atomic E-state index is 0.00109. The van der Waals surface area contributed by atoms with E-state index in [0.29, 0.717) is 5.56 Å². The smallest absolute Gasteiger partial charge is 0.165 e. The van der Waals surface area contributed by atoms with Crippen LogP contribution in [0.1, 0.15) is 11.1 Å². The van der Waals surface area contributed by atoms with Crippen molar-refractivity contribution >= 4 is 5.84 Å². The number of benzene rings is 1. The largest absolute Gasteiger partial charge is 0.486 e. The van der Waals surface area contributed by atoms with E-state index in [-0.39, 0.29) is 23.8 Å². The first-order chi connectivity index (χ1) is 9.06. The van der Waals surface area contributed by atoms with Gasteiger partial charge in [-0.15, -0.1) is 0 Å². The molecule has 19 heavy (non-hydrogen) atoms. The van der Waals surface area contributed by atoms with Crippen LogP contribution in [-0.2, 0) is 6.61 Å². The third-order valence-corrected chi connectivity index (χ3v) is 2.40. The van der Waals surface area contributed by atoms with Gasteiger partial charge >= 0.3 is 0 Å². The van der Waals surface area contributed by atoms with E-state index < -0.39 is 11.6 Å². The van der Waals surface area contributed by atoms with Crippen molar-refractivity contribution in [3.8, 4) is 5.75 Å². The zero-order valence-electron chi connectivity index (χ0n) is 9.86. The van der Waals surface area contributed by atoms with Crippen LogP contribution >= 0.6 is 0 Å². The topological polar surface area (TPSA) is 72.0 Å². The number of nitrogen functional groups attached to an aromatic ring is 1. The third-order valence-electron chi connectivity index (χ3n) is 2.40. The van der Waals surface area contributed by atoms with Crippen LogP contribution in [-0.4, -0.2) is 10.8 Å². The molecule has 4 nitrogen and oxygen atoms in total. The molecule has 6 heteroatoms. The van der Waals surface area contributed by atoms with Crippen LogP contribution in [0, 0.1) is 17.0 Å². The van der Waals surface area contributed by atoms with E-state index in [4.69, 9.17) is 15.9 Å². The van der Waals surface area contributed by atoms with Gasteiger partial charge in [-0.05, 0) is 24.3 Å². The minimum Gasteiger partial charge on any atom is -0.486 e. The molecule has 98 valence electrons. The van der Waals surface area contributed by atoms with Crippen LogP contribution in [0.25, 0.3) is 0 Å². The van der Waals surface area contributed by atoms with Gasteiger partial charge in [0.05, 0.1) is 6.20 Å². The molecule has 1 aromatic carbocycles. The summed E-state index contributed by atoms with van der Waals surface area (Å²) < 4.78 is 31.7. The Bertz CT molecular complexity index is 617. The van der Waals surface area contributed by atoms with Gasteiger partial charge in [-0.2, -0.15) is 0 Å². The molecule has 0 bridgehead atoms. The molecule has 0 atom stereocenters. The van der Waals surface area contributed by atoms with Crippen molar-refractivity contribution in [3.63, 3.8) is 0 Å². The molecular formula is C13H11F2N3O. The van der Waals surface area contributed by atoms with Crippen molar-refractivity contribution in [3.05, 3.63) is 59.4 Å². The van der Waals surface area contributed by atoms with Gasteiger partial charge in [0.15, 0.2) is 11.6 Å². The second kappa shape index (κ2) is 5.43. The maximum Gasteiger partial charge on any atom is 0.165 e. The van der Waals surface area contributed by atoms with Crippen molar-refractivity contribution in [2.45, 2.75) is 6.61 Å². The van der Waals surface area contributed by atoms with Gasteiger partial charge in [0.1, 0.15) is 18.3 Å². The number of amidine groups is 1. The summed E-state index contributed by atoms with van der Waals surface area (Å²) in [5.41, 5.74) is 6.01. The van der Waals surface area contributed by atoms with Gasteiger partial charge in [0.2, 0.25) is 0 Å². The zero-order valence-corrected chi connectivity index (χ0v) is 9.86. The number of nitrogens with zero attached hydrogens (tertiary/aromatic N) is 1. The molecule has 0 unspecified atom stereocenters. The molecule has 0 spiro atoms. The standard InChI is InChI=1S/C13H11F2N3O/c14-10-3-8(5-18-6-10)7-19-12-2-1-9(13(16)17)4-11(12)15/h1-6H,7H2,(H3,16,17). The summed E-state index contributed by atoms with van der Waals surface area (Å²) in [5, 5.41) is 7.18. The lowest BCUT2D eigenvalue weighted by molar-refractivity contribution is 0.289. The Morgan fingerprint density at radius 1 is 1.26 bits per heavy atom. The number of hydrogen-bond acceptors (Lipinski definition) is 3. The predicted molar refractivity (Wildman–Crippen MR) is 65.9 cm³/mol. The van der Waals surface area contributed by atoms with Crippen molar-refractivity contribution in [2.75, 3.05) is 0 Å². The Morgan fingerprint density at radius 3 is 2.68 bits per heavy atom. The van der Waals surface area contributed by atoms with Crippen molar-refractivity contribution in [1.82, 2.24) is 4.98 Å². The maximum atomic E-state index is 13.6. The average molecular weight is 263 g/mol. The molecule has 0 aliphatic heterocycles. The molecular weight excluding hydrogens is 252 g/mol. The number of pyridine rings is 1. The van der Waals surface area contributed by atoms with Crippen LogP contribution in [0.3, 0.4) is 0 Å². The molecule has 0 fully saturated rings.